The molecule has 0 atom stereocenters. The fraction of sp³-hybridized carbons (Fsp3) is 1.00. The van der Waals surface area contributed by atoms with Gasteiger partial charge in [0.25, 0.3) is 0 Å². The largest absolute Gasteiger partial charge is 0.304 e. The third-order valence-electron chi connectivity index (χ3n) is 1.49. The van der Waals surface area contributed by atoms with Gasteiger partial charge in [-0.15, -0.1) is 0 Å². The van der Waals surface area contributed by atoms with Gasteiger partial charge in [-0.1, -0.05) is 13.3 Å². The first-order valence-corrected chi connectivity index (χ1v) is 3.56. The summed E-state index contributed by atoms with van der Waals surface area (Å²) in [5, 5.41) is 0. The lowest BCUT2D eigenvalue weighted by atomic mass is 10.2. The minimum atomic E-state index is -2.62. The molecule has 3 heteroatoms. The van der Waals surface area contributed by atoms with E-state index in [0.29, 0.717) is 6.42 Å². The van der Waals surface area contributed by atoms with E-state index in [1.807, 2.05) is 6.92 Å². The molecule has 0 fully saturated rings. The monoisotopic (exact) mass is 151 g/mol. The molecule has 0 saturated heterocycles. The zero-order valence-corrected chi connectivity index (χ0v) is 6.82. The van der Waals surface area contributed by atoms with Gasteiger partial charge in [-0.05, 0) is 20.5 Å². The van der Waals surface area contributed by atoms with Crippen LogP contribution in [0.1, 0.15) is 26.2 Å². The number of nitrogens with zero attached hydrogens (tertiary/aromatic N) is 1. The second kappa shape index (κ2) is 3.86. The quantitative estimate of drug-likeness (QED) is 0.557. The van der Waals surface area contributed by atoms with E-state index in [2.05, 4.69) is 0 Å². The van der Waals surface area contributed by atoms with E-state index in [1.165, 1.54) is 14.1 Å². The lowest BCUT2D eigenvalue weighted by Crippen LogP contribution is -2.34. The van der Waals surface area contributed by atoms with E-state index in [1.54, 1.807) is 0 Å². The smallest absolute Gasteiger partial charge is 0.251 e. The van der Waals surface area contributed by atoms with Crippen molar-refractivity contribution in [3.63, 3.8) is 0 Å². The van der Waals surface area contributed by atoms with Crippen LogP contribution in [0, 0.1) is 0 Å². The van der Waals surface area contributed by atoms with Crippen LogP contribution in [0.15, 0.2) is 0 Å². The van der Waals surface area contributed by atoms with Crippen LogP contribution in [-0.2, 0) is 0 Å². The molecular weight excluding hydrogens is 136 g/mol. The number of hydrogen-bond donors (Lipinski definition) is 0. The lowest BCUT2D eigenvalue weighted by Gasteiger charge is -2.22. The van der Waals surface area contributed by atoms with Gasteiger partial charge in [0.2, 0.25) is 0 Å². The topological polar surface area (TPSA) is 3.24 Å². The summed E-state index contributed by atoms with van der Waals surface area (Å²) in [6, 6.07) is -2.62. The molecule has 0 rings (SSSR count). The first-order chi connectivity index (χ1) is 4.50. The molecule has 0 unspecified atom stereocenters. The van der Waals surface area contributed by atoms with Crippen LogP contribution in [0.4, 0.5) is 8.78 Å². The number of halogens is 2. The minimum Gasteiger partial charge on any atom is -0.251 e. The summed E-state index contributed by atoms with van der Waals surface area (Å²) in [5.41, 5.74) is 0. The molecule has 0 amide bonds. The summed E-state index contributed by atoms with van der Waals surface area (Å²) in [5.74, 6) is 0. The predicted molar refractivity (Wildman–Crippen MR) is 38.2 cm³/mol. The summed E-state index contributed by atoms with van der Waals surface area (Å²) in [6.07, 6.45) is 1.38. The van der Waals surface area contributed by atoms with E-state index in [-0.39, 0.29) is 6.42 Å². The molecule has 0 radical (unpaired) electrons. The Kier molecular flexibility index (Phi) is 3.79. The second-order valence-electron chi connectivity index (χ2n) is 2.66. The second-order valence-corrected chi connectivity index (χ2v) is 2.66. The molecule has 0 aliphatic rings. The van der Waals surface area contributed by atoms with Crippen molar-refractivity contribution in [2.24, 2.45) is 0 Å². The van der Waals surface area contributed by atoms with Gasteiger partial charge in [-0.2, -0.15) is 8.78 Å². The maximum absolute atomic E-state index is 12.7. The molecule has 0 spiro atoms. The van der Waals surface area contributed by atoms with Gasteiger partial charge >= 0.3 is 6.05 Å². The maximum atomic E-state index is 12.7. The van der Waals surface area contributed by atoms with Crippen molar-refractivity contribution < 1.29 is 8.78 Å². The molecule has 0 aliphatic heterocycles. The number of rotatable bonds is 4. The van der Waals surface area contributed by atoms with Crippen LogP contribution in [0.25, 0.3) is 0 Å². The molecule has 0 heterocycles. The average Bonchev–Trinajstić information content (AvgIpc) is 1.84. The zero-order valence-electron chi connectivity index (χ0n) is 6.82. The Morgan fingerprint density at radius 1 is 1.30 bits per heavy atom. The van der Waals surface area contributed by atoms with Crippen molar-refractivity contribution in [1.82, 2.24) is 4.90 Å². The molecule has 0 aromatic carbocycles. The lowest BCUT2D eigenvalue weighted by molar-refractivity contribution is -0.128. The van der Waals surface area contributed by atoms with E-state index >= 15 is 0 Å². The molecule has 0 aliphatic carbocycles. The standard InChI is InChI=1S/C7H15F2N/c1-4-5-6-7(8,9)10(2)3/h4-6H2,1-3H3. The highest BCUT2D eigenvalue weighted by Gasteiger charge is 2.30. The van der Waals surface area contributed by atoms with Gasteiger partial charge in [-0.25, -0.2) is 0 Å². The van der Waals surface area contributed by atoms with Crippen molar-refractivity contribution in [2.75, 3.05) is 14.1 Å². The molecule has 1 nitrogen and oxygen atoms in total. The molecule has 10 heavy (non-hydrogen) atoms. The van der Waals surface area contributed by atoms with Crippen molar-refractivity contribution in [1.29, 1.82) is 0 Å². The molecule has 0 aromatic heterocycles. The van der Waals surface area contributed by atoms with Crippen LogP contribution in [0.3, 0.4) is 0 Å². The highest BCUT2D eigenvalue weighted by Crippen LogP contribution is 2.22. The van der Waals surface area contributed by atoms with Gasteiger partial charge in [0.15, 0.2) is 0 Å². The van der Waals surface area contributed by atoms with Gasteiger partial charge in [0.1, 0.15) is 0 Å². The Morgan fingerprint density at radius 3 is 2.10 bits per heavy atom. The summed E-state index contributed by atoms with van der Waals surface area (Å²) < 4.78 is 25.3. The summed E-state index contributed by atoms with van der Waals surface area (Å²) >= 11 is 0. The van der Waals surface area contributed by atoms with E-state index in [0.717, 1.165) is 11.3 Å². The van der Waals surface area contributed by atoms with E-state index in [9.17, 15) is 8.78 Å². The molecule has 0 aromatic rings. The fourth-order valence-corrected chi connectivity index (χ4v) is 0.613. The highest BCUT2D eigenvalue weighted by molar-refractivity contribution is 4.61. The van der Waals surface area contributed by atoms with Gasteiger partial charge < -0.3 is 0 Å². The molecule has 0 saturated carbocycles. The van der Waals surface area contributed by atoms with Crippen LogP contribution < -0.4 is 0 Å². The molecule has 0 N–H and O–H groups in total. The maximum Gasteiger partial charge on any atom is 0.304 e. The van der Waals surface area contributed by atoms with Gasteiger partial charge in [0, 0.05) is 6.42 Å². The van der Waals surface area contributed by atoms with E-state index < -0.39 is 6.05 Å². The first-order valence-electron chi connectivity index (χ1n) is 3.56. The Hall–Kier alpha value is -0.180. The van der Waals surface area contributed by atoms with Gasteiger partial charge in [-0.3, -0.25) is 4.90 Å². The van der Waals surface area contributed by atoms with Crippen LogP contribution in [0.2, 0.25) is 0 Å². The first kappa shape index (κ1) is 9.82. The Bertz CT molecular complexity index is 91.6. The molecular formula is C7H15F2N. The normalized spacial score (nSPS) is 12.6. The summed E-state index contributed by atoms with van der Waals surface area (Å²) in [6.45, 7) is 1.91. The number of unbranched alkanes of at least 4 members (excludes halogenated alkanes) is 1. The third-order valence-corrected chi connectivity index (χ3v) is 1.49. The number of alkyl halides is 2. The Balaban J connectivity index is 3.63. The fourth-order valence-electron chi connectivity index (χ4n) is 0.613. The van der Waals surface area contributed by atoms with Crippen molar-refractivity contribution >= 4 is 0 Å². The van der Waals surface area contributed by atoms with E-state index in [4.69, 9.17) is 0 Å². The van der Waals surface area contributed by atoms with Crippen LogP contribution in [0.5, 0.6) is 0 Å². The Labute approximate surface area is 61.0 Å². The van der Waals surface area contributed by atoms with Crippen LogP contribution in [-0.4, -0.2) is 25.0 Å². The van der Waals surface area contributed by atoms with Crippen molar-refractivity contribution in [3.8, 4) is 0 Å². The SMILES string of the molecule is CCCCC(F)(F)N(C)C. The molecule has 62 valence electrons. The third kappa shape index (κ3) is 3.11. The number of hydrogen-bond acceptors (Lipinski definition) is 1. The van der Waals surface area contributed by atoms with Crippen molar-refractivity contribution in [3.05, 3.63) is 0 Å². The summed E-state index contributed by atoms with van der Waals surface area (Å²) in [4.78, 5) is 0.961. The summed E-state index contributed by atoms with van der Waals surface area (Å²) in [7, 11) is 2.80. The predicted octanol–water partition coefficient (Wildman–Crippen LogP) is 2.33. The van der Waals surface area contributed by atoms with Crippen molar-refractivity contribution in [2.45, 2.75) is 32.2 Å². The van der Waals surface area contributed by atoms with Crippen LogP contribution >= 0.6 is 0 Å². The Morgan fingerprint density at radius 2 is 1.80 bits per heavy atom. The molecule has 0 bridgehead atoms. The minimum absolute atomic E-state index is 0.0312. The zero-order chi connectivity index (χ0) is 8.20. The van der Waals surface area contributed by atoms with Gasteiger partial charge in [0.05, 0.1) is 0 Å². The highest BCUT2D eigenvalue weighted by atomic mass is 19.3. The average molecular weight is 151 g/mol.